The molecule has 1 aromatic rings. The Morgan fingerprint density at radius 1 is 1.16 bits per heavy atom. The van der Waals surface area contributed by atoms with Crippen LogP contribution in [0, 0.1) is 0 Å². The Kier molecular flexibility index (Phi) is 3.85. The first-order valence-corrected chi connectivity index (χ1v) is 7.61. The molecule has 2 aliphatic carbocycles. The maximum Gasteiger partial charge on any atom is 0.0466 e. The summed E-state index contributed by atoms with van der Waals surface area (Å²) in [6.07, 6.45) is 10.2. The van der Waals surface area contributed by atoms with Crippen LogP contribution in [0.4, 0.5) is 0 Å². The van der Waals surface area contributed by atoms with Crippen molar-refractivity contribution in [3.8, 4) is 0 Å². The second-order valence-corrected chi connectivity index (χ2v) is 6.18. The fraction of sp³-hybridized carbons (Fsp3) is 0.688. The van der Waals surface area contributed by atoms with Gasteiger partial charge in [0.25, 0.3) is 0 Å². The summed E-state index contributed by atoms with van der Waals surface area (Å²) in [7, 11) is 0. The number of hydrogen-bond donors (Lipinski definition) is 2. The average molecular weight is 260 g/mol. The number of pyridine rings is 1. The van der Waals surface area contributed by atoms with Crippen molar-refractivity contribution in [3.63, 3.8) is 0 Å². The topological polar surface area (TPSA) is 45.2 Å². The van der Waals surface area contributed by atoms with E-state index in [1.807, 2.05) is 12.3 Å². The summed E-state index contributed by atoms with van der Waals surface area (Å²) < 4.78 is 0. The predicted molar refractivity (Wildman–Crippen MR) is 76.0 cm³/mol. The first kappa shape index (κ1) is 13.1. The highest BCUT2D eigenvalue weighted by molar-refractivity contribution is 5.18. The van der Waals surface area contributed by atoms with Gasteiger partial charge in [0.05, 0.1) is 0 Å². The van der Waals surface area contributed by atoms with Gasteiger partial charge in [0.15, 0.2) is 0 Å². The van der Waals surface area contributed by atoms with Gasteiger partial charge in [-0.3, -0.25) is 4.98 Å². The van der Waals surface area contributed by atoms with E-state index in [1.165, 1.54) is 31.4 Å². The summed E-state index contributed by atoms with van der Waals surface area (Å²) in [6.45, 7) is 0.261. The van der Waals surface area contributed by atoms with E-state index in [-0.39, 0.29) is 12.0 Å². The molecule has 3 rings (SSSR count). The van der Waals surface area contributed by atoms with E-state index in [0.717, 1.165) is 25.3 Å². The van der Waals surface area contributed by atoms with Crippen LogP contribution in [0.3, 0.4) is 0 Å². The molecule has 0 aromatic carbocycles. The van der Waals surface area contributed by atoms with E-state index in [1.54, 1.807) is 0 Å². The molecule has 0 unspecified atom stereocenters. The van der Waals surface area contributed by atoms with Crippen LogP contribution in [0.2, 0.25) is 0 Å². The van der Waals surface area contributed by atoms with Crippen molar-refractivity contribution in [1.82, 2.24) is 10.3 Å². The number of aliphatic hydroxyl groups excluding tert-OH is 1. The lowest BCUT2D eigenvalue weighted by Crippen LogP contribution is -2.41. The molecule has 0 amide bonds. The molecular formula is C16H24N2O. The summed E-state index contributed by atoms with van der Waals surface area (Å²) in [5, 5.41) is 13.2. The Morgan fingerprint density at radius 3 is 2.47 bits per heavy atom. The normalized spacial score (nSPS) is 31.3. The van der Waals surface area contributed by atoms with Crippen LogP contribution in [0.1, 0.15) is 50.6 Å². The SMILES string of the molecule is OCCC1(c2ccccn2)CCC(NC2CC2)CC1. The maximum absolute atomic E-state index is 9.42. The first-order chi connectivity index (χ1) is 9.32. The van der Waals surface area contributed by atoms with E-state index in [9.17, 15) is 5.11 Å². The summed E-state index contributed by atoms with van der Waals surface area (Å²) in [6, 6.07) is 7.64. The van der Waals surface area contributed by atoms with Crippen molar-refractivity contribution in [1.29, 1.82) is 0 Å². The molecule has 2 saturated carbocycles. The zero-order valence-corrected chi connectivity index (χ0v) is 11.5. The van der Waals surface area contributed by atoms with Crippen molar-refractivity contribution in [2.24, 2.45) is 0 Å². The average Bonchev–Trinajstić information content (AvgIpc) is 3.26. The molecule has 1 heterocycles. The van der Waals surface area contributed by atoms with Gasteiger partial charge in [-0.2, -0.15) is 0 Å². The molecule has 0 aliphatic heterocycles. The van der Waals surface area contributed by atoms with E-state index in [4.69, 9.17) is 0 Å². The quantitative estimate of drug-likeness (QED) is 0.854. The van der Waals surface area contributed by atoms with Gasteiger partial charge in [-0.05, 0) is 57.1 Å². The molecule has 0 bridgehead atoms. The van der Waals surface area contributed by atoms with Crippen LogP contribution >= 0.6 is 0 Å². The molecule has 3 heteroatoms. The van der Waals surface area contributed by atoms with Crippen molar-refractivity contribution in [3.05, 3.63) is 30.1 Å². The van der Waals surface area contributed by atoms with E-state index in [2.05, 4.69) is 22.4 Å². The van der Waals surface area contributed by atoms with Crippen molar-refractivity contribution < 1.29 is 5.11 Å². The molecule has 0 spiro atoms. The largest absolute Gasteiger partial charge is 0.396 e. The lowest BCUT2D eigenvalue weighted by Gasteiger charge is -2.40. The van der Waals surface area contributed by atoms with Gasteiger partial charge in [-0.15, -0.1) is 0 Å². The Bertz CT molecular complexity index is 394. The van der Waals surface area contributed by atoms with Crippen LogP contribution in [0.15, 0.2) is 24.4 Å². The van der Waals surface area contributed by atoms with Crippen LogP contribution in [0.5, 0.6) is 0 Å². The number of hydrogen-bond acceptors (Lipinski definition) is 3. The standard InChI is InChI=1S/C16H24N2O/c19-12-10-16(15-3-1-2-11-17-15)8-6-14(7-9-16)18-13-4-5-13/h1-3,11,13-14,18-19H,4-10,12H2. The molecule has 0 atom stereocenters. The van der Waals surface area contributed by atoms with Gasteiger partial charge in [-0.25, -0.2) is 0 Å². The van der Waals surface area contributed by atoms with Gasteiger partial charge in [0.2, 0.25) is 0 Å². The van der Waals surface area contributed by atoms with Gasteiger partial charge in [-0.1, -0.05) is 6.07 Å². The van der Waals surface area contributed by atoms with Crippen molar-refractivity contribution >= 4 is 0 Å². The highest BCUT2D eigenvalue weighted by Crippen LogP contribution is 2.41. The minimum absolute atomic E-state index is 0.109. The summed E-state index contributed by atoms with van der Waals surface area (Å²) in [5.41, 5.74) is 1.28. The first-order valence-electron chi connectivity index (χ1n) is 7.61. The second-order valence-electron chi connectivity index (χ2n) is 6.18. The molecule has 2 N–H and O–H groups in total. The van der Waals surface area contributed by atoms with E-state index in [0.29, 0.717) is 6.04 Å². The van der Waals surface area contributed by atoms with Gasteiger partial charge in [0.1, 0.15) is 0 Å². The molecule has 104 valence electrons. The third kappa shape index (κ3) is 2.98. The third-order valence-electron chi connectivity index (χ3n) is 4.79. The van der Waals surface area contributed by atoms with E-state index >= 15 is 0 Å². The minimum atomic E-state index is 0.109. The molecule has 0 radical (unpaired) electrons. The number of rotatable bonds is 5. The van der Waals surface area contributed by atoms with Crippen molar-refractivity contribution in [2.75, 3.05) is 6.61 Å². The van der Waals surface area contributed by atoms with Gasteiger partial charge < -0.3 is 10.4 Å². The molecule has 19 heavy (non-hydrogen) atoms. The summed E-state index contributed by atoms with van der Waals surface area (Å²) in [4.78, 5) is 4.56. The Balaban J connectivity index is 1.68. The van der Waals surface area contributed by atoms with Gasteiger partial charge >= 0.3 is 0 Å². The van der Waals surface area contributed by atoms with E-state index < -0.39 is 0 Å². The predicted octanol–water partition coefficient (Wildman–Crippen LogP) is 2.40. The molecule has 3 nitrogen and oxygen atoms in total. The molecular weight excluding hydrogens is 236 g/mol. The lowest BCUT2D eigenvalue weighted by atomic mass is 9.68. The summed E-state index contributed by atoms with van der Waals surface area (Å²) in [5.74, 6) is 0. The van der Waals surface area contributed by atoms with Crippen LogP contribution in [0.25, 0.3) is 0 Å². The lowest BCUT2D eigenvalue weighted by molar-refractivity contribution is 0.176. The number of aromatic nitrogens is 1. The fourth-order valence-electron chi connectivity index (χ4n) is 3.45. The number of nitrogens with zero attached hydrogens (tertiary/aromatic N) is 1. The minimum Gasteiger partial charge on any atom is -0.396 e. The molecule has 2 fully saturated rings. The highest BCUT2D eigenvalue weighted by Gasteiger charge is 2.38. The number of nitrogens with one attached hydrogen (secondary N) is 1. The Morgan fingerprint density at radius 2 is 1.89 bits per heavy atom. The number of aliphatic hydroxyl groups is 1. The zero-order chi connectivity index (χ0) is 13.1. The molecule has 1 aromatic heterocycles. The Labute approximate surface area is 115 Å². The highest BCUT2D eigenvalue weighted by atomic mass is 16.3. The van der Waals surface area contributed by atoms with Crippen LogP contribution < -0.4 is 5.32 Å². The third-order valence-corrected chi connectivity index (χ3v) is 4.79. The summed E-state index contributed by atoms with van der Waals surface area (Å²) >= 11 is 0. The second kappa shape index (κ2) is 5.59. The molecule has 2 aliphatic rings. The van der Waals surface area contributed by atoms with Crippen LogP contribution in [-0.2, 0) is 5.41 Å². The Hall–Kier alpha value is -0.930. The van der Waals surface area contributed by atoms with Gasteiger partial charge in [0, 0.05) is 36.0 Å². The van der Waals surface area contributed by atoms with Crippen molar-refractivity contribution in [2.45, 2.75) is 62.4 Å². The monoisotopic (exact) mass is 260 g/mol. The van der Waals surface area contributed by atoms with Crippen LogP contribution in [-0.4, -0.2) is 28.8 Å². The molecule has 0 saturated heterocycles. The smallest absolute Gasteiger partial charge is 0.0466 e. The maximum atomic E-state index is 9.42. The fourth-order valence-corrected chi connectivity index (χ4v) is 3.45. The zero-order valence-electron chi connectivity index (χ0n) is 11.5.